The van der Waals surface area contributed by atoms with Gasteiger partial charge in [-0.05, 0) is 49.1 Å². The van der Waals surface area contributed by atoms with Crippen LogP contribution in [0.3, 0.4) is 0 Å². The maximum atomic E-state index is 3.62. The van der Waals surface area contributed by atoms with Gasteiger partial charge in [0.15, 0.2) is 0 Å². The Morgan fingerprint density at radius 2 is 1.53 bits per heavy atom. The molecule has 0 saturated carbocycles. The highest BCUT2D eigenvalue weighted by atomic mass is 14.9. The molecule has 1 N–H and O–H groups in total. The van der Waals surface area contributed by atoms with Gasteiger partial charge >= 0.3 is 0 Å². The van der Waals surface area contributed by atoms with E-state index in [4.69, 9.17) is 0 Å². The average Bonchev–Trinajstić information content (AvgIpc) is 2.21. The van der Waals surface area contributed by atoms with Gasteiger partial charge in [0.05, 0.1) is 0 Å². The van der Waals surface area contributed by atoms with Crippen molar-refractivity contribution in [1.29, 1.82) is 0 Å². The van der Waals surface area contributed by atoms with Crippen LogP contribution >= 0.6 is 0 Å². The first kappa shape index (κ1) is 17.0. The van der Waals surface area contributed by atoms with Crippen LogP contribution in [-0.4, -0.2) is 13.1 Å². The second-order valence-corrected chi connectivity index (χ2v) is 7.17. The first-order valence-corrected chi connectivity index (χ1v) is 7.46. The highest BCUT2D eigenvalue weighted by molar-refractivity contribution is 4.73. The van der Waals surface area contributed by atoms with Gasteiger partial charge in [-0.3, -0.25) is 0 Å². The zero-order valence-corrected chi connectivity index (χ0v) is 13.3. The highest BCUT2D eigenvalue weighted by Crippen LogP contribution is 2.29. The van der Waals surface area contributed by atoms with Gasteiger partial charge in [0.25, 0.3) is 0 Å². The summed E-state index contributed by atoms with van der Waals surface area (Å²) in [6.07, 6.45) is 4.00. The van der Waals surface area contributed by atoms with Crippen LogP contribution in [0.2, 0.25) is 0 Å². The van der Waals surface area contributed by atoms with Crippen LogP contribution in [0.25, 0.3) is 0 Å². The molecule has 0 aliphatic carbocycles. The molecule has 0 radical (unpaired) electrons. The maximum Gasteiger partial charge on any atom is -0.00231 e. The Bertz CT molecular complexity index is 182. The van der Waals surface area contributed by atoms with E-state index in [1.165, 1.54) is 25.8 Å². The molecule has 1 nitrogen and oxygen atoms in total. The van der Waals surface area contributed by atoms with Gasteiger partial charge in [0, 0.05) is 0 Å². The molecule has 1 unspecified atom stereocenters. The molecule has 0 aliphatic heterocycles. The van der Waals surface area contributed by atoms with Gasteiger partial charge in [-0.1, -0.05) is 54.9 Å². The molecule has 0 rings (SSSR count). The summed E-state index contributed by atoms with van der Waals surface area (Å²) in [6.45, 7) is 18.7. The Balaban J connectivity index is 3.57. The molecule has 0 fully saturated rings. The quantitative estimate of drug-likeness (QED) is 0.576. The Morgan fingerprint density at radius 3 is 2.00 bits per heavy atom. The van der Waals surface area contributed by atoms with E-state index in [1.807, 2.05) is 0 Å². The number of nitrogens with one attached hydrogen (secondary N) is 1. The van der Waals surface area contributed by atoms with E-state index in [0.717, 1.165) is 24.3 Å². The van der Waals surface area contributed by atoms with Crippen LogP contribution in [0.4, 0.5) is 0 Å². The van der Waals surface area contributed by atoms with Crippen LogP contribution in [-0.2, 0) is 0 Å². The summed E-state index contributed by atoms with van der Waals surface area (Å²) in [5, 5.41) is 3.62. The average molecular weight is 241 g/mol. The topological polar surface area (TPSA) is 12.0 Å². The third kappa shape index (κ3) is 8.65. The molecule has 17 heavy (non-hydrogen) atoms. The Hall–Kier alpha value is -0.0400. The van der Waals surface area contributed by atoms with Crippen molar-refractivity contribution in [2.24, 2.45) is 23.2 Å². The fourth-order valence-corrected chi connectivity index (χ4v) is 1.77. The number of rotatable bonds is 9. The van der Waals surface area contributed by atoms with E-state index in [2.05, 4.69) is 53.8 Å². The zero-order chi connectivity index (χ0) is 13.5. The molecule has 0 saturated heterocycles. The summed E-state index contributed by atoms with van der Waals surface area (Å²) in [5.74, 6) is 2.43. The lowest BCUT2D eigenvalue weighted by atomic mass is 9.78. The molecular formula is C16H35N. The minimum atomic E-state index is 0.466. The lowest BCUT2D eigenvalue weighted by molar-refractivity contribution is 0.225. The molecule has 1 atom stereocenters. The molecule has 0 aliphatic rings. The van der Waals surface area contributed by atoms with E-state index in [1.54, 1.807) is 0 Å². The molecular weight excluding hydrogens is 206 g/mol. The smallest absolute Gasteiger partial charge is 0.00231 e. The zero-order valence-electron chi connectivity index (χ0n) is 13.3. The van der Waals surface area contributed by atoms with Gasteiger partial charge < -0.3 is 5.32 Å². The fourth-order valence-electron chi connectivity index (χ4n) is 1.77. The second kappa shape index (κ2) is 8.13. The van der Waals surface area contributed by atoms with Gasteiger partial charge in [0.2, 0.25) is 0 Å². The second-order valence-electron chi connectivity index (χ2n) is 7.17. The van der Waals surface area contributed by atoms with Crippen molar-refractivity contribution in [2.75, 3.05) is 13.1 Å². The molecule has 0 heterocycles. The molecule has 1 heteroatoms. The van der Waals surface area contributed by atoms with Crippen molar-refractivity contribution in [3.63, 3.8) is 0 Å². The molecule has 104 valence electrons. The van der Waals surface area contributed by atoms with Crippen molar-refractivity contribution in [1.82, 2.24) is 5.32 Å². The van der Waals surface area contributed by atoms with E-state index >= 15 is 0 Å². The number of hydrogen-bond acceptors (Lipinski definition) is 1. The summed E-state index contributed by atoms with van der Waals surface area (Å²) in [7, 11) is 0. The van der Waals surface area contributed by atoms with Crippen LogP contribution in [0, 0.1) is 23.2 Å². The van der Waals surface area contributed by atoms with Crippen molar-refractivity contribution in [2.45, 2.75) is 67.7 Å². The molecule has 0 bridgehead atoms. The fraction of sp³-hybridized carbons (Fsp3) is 1.00. The summed E-state index contributed by atoms with van der Waals surface area (Å²) in [4.78, 5) is 0. The Labute approximate surface area is 110 Å². The highest BCUT2D eigenvalue weighted by Gasteiger charge is 2.21. The van der Waals surface area contributed by atoms with Gasteiger partial charge in [-0.2, -0.15) is 0 Å². The molecule has 0 aromatic rings. The first-order chi connectivity index (χ1) is 7.75. The third-order valence-electron chi connectivity index (χ3n) is 4.24. The Kier molecular flexibility index (Phi) is 8.11. The summed E-state index contributed by atoms with van der Waals surface area (Å²) < 4.78 is 0. The van der Waals surface area contributed by atoms with Crippen molar-refractivity contribution in [3.8, 4) is 0 Å². The van der Waals surface area contributed by atoms with Crippen LogP contribution < -0.4 is 5.32 Å². The van der Waals surface area contributed by atoms with Gasteiger partial charge in [-0.25, -0.2) is 0 Å². The minimum Gasteiger partial charge on any atom is -0.316 e. The molecule has 0 aromatic heterocycles. The van der Waals surface area contributed by atoms with Crippen molar-refractivity contribution < 1.29 is 0 Å². The summed E-state index contributed by atoms with van der Waals surface area (Å²) in [5.41, 5.74) is 0.466. The lowest BCUT2D eigenvalue weighted by Gasteiger charge is -2.29. The summed E-state index contributed by atoms with van der Waals surface area (Å²) in [6, 6.07) is 0. The van der Waals surface area contributed by atoms with Crippen LogP contribution in [0.5, 0.6) is 0 Å². The van der Waals surface area contributed by atoms with E-state index in [0.29, 0.717) is 5.41 Å². The lowest BCUT2D eigenvalue weighted by Crippen LogP contribution is -2.28. The van der Waals surface area contributed by atoms with Crippen molar-refractivity contribution in [3.05, 3.63) is 0 Å². The predicted molar refractivity (Wildman–Crippen MR) is 79.3 cm³/mol. The Morgan fingerprint density at radius 1 is 0.941 bits per heavy atom. The number of hydrogen-bond donors (Lipinski definition) is 1. The molecule has 0 spiro atoms. The monoisotopic (exact) mass is 241 g/mol. The predicted octanol–water partition coefficient (Wildman–Crippen LogP) is 4.72. The van der Waals surface area contributed by atoms with E-state index in [9.17, 15) is 0 Å². The van der Waals surface area contributed by atoms with Crippen molar-refractivity contribution >= 4 is 0 Å². The van der Waals surface area contributed by atoms with E-state index < -0.39 is 0 Å². The maximum absolute atomic E-state index is 3.62. The normalized spacial score (nSPS) is 14.6. The molecule has 0 aromatic carbocycles. The van der Waals surface area contributed by atoms with Crippen LogP contribution in [0.15, 0.2) is 0 Å². The largest absolute Gasteiger partial charge is 0.316 e. The van der Waals surface area contributed by atoms with E-state index in [-0.39, 0.29) is 0 Å². The third-order valence-corrected chi connectivity index (χ3v) is 4.24. The summed E-state index contributed by atoms with van der Waals surface area (Å²) >= 11 is 0. The standard InChI is InChI=1S/C16H35N/c1-13(2)8-9-15(5)12-17-11-10-16(6,7)14(3)4/h13-15,17H,8-12H2,1-7H3. The van der Waals surface area contributed by atoms with Gasteiger partial charge in [0.1, 0.15) is 0 Å². The first-order valence-electron chi connectivity index (χ1n) is 7.46. The minimum absolute atomic E-state index is 0.466. The SMILES string of the molecule is CC(C)CCC(C)CNCCC(C)(C)C(C)C. The van der Waals surface area contributed by atoms with Crippen LogP contribution in [0.1, 0.15) is 67.7 Å². The molecule has 0 amide bonds. The van der Waals surface area contributed by atoms with Gasteiger partial charge in [-0.15, -0.1) is 0 Å².